The molecule has 0 bridgehead atoms. The molecule has 0 aliphatic carbocycles. The van der Waals surface area contributed by atoms with E-state index in [1.807, 2.05) is 13.8 Å². The van der Waals surface area contributed by atoms with E-state index in [0.29, 0.717) is 24.3 Å². The van der Waals surface area contributed by atoms with Gasteiger partial charge in [0, 0.05) is 11.3 Å². The van der Waals surface area contributed by atoms with Crippen LogP contribution in [-0.2, 0) is 5.72 Å². The van der Waals surface area contributed by atoms with Gasteiger partial charge >= 0.3 is 0 Å². The monoisotopic (exact) mass is 253 g/mol. The maximum absolute atomic E-state index is 10.8. The minimum Gasteiger partial charge on any atom is -0.399 e. The molecule has 1 aromatic carbocycles. The van der Waals surface area contributed by atoms with Crippen molar-refractivity contribution in [1.29, 1.82) is 0 Å². The third-order valence-corrected chi connectivity index (χ3v) is 2.93. The highest BCUT2D eigenvalue weighted by atomic mass is 16.3. The number of aliphatic hydroxyl groups excluding tert-OH is 1. The summed E-state index contributed by atoms with van der Waals surface area (Å²) >= 11 is 0. The highest BCUT2D eigenvalue weighted by molar-refractivity contribution is 5.41. The molecular formula is C13H23N3O2. The average molecular weight is 253 g/mol. The van der Waals surface area contributed by atoms with E-state index in [0.717, 1.165) is 0 Å². The van der Waals surface area contributed by atoms with Crippen LogP contribution in [0.25, 0.3) is 0 Å². The quantitative estimate of drug-likeness (QED) is 0.348. The lowest BCUT2D eigenvalue weighted by Crippen LogP contribution is -2.59. The summed E-state index contributed by atoms with van der Waals surface area (Å²) in [6.07, 6.45) is 0. The van der Waals surface area contributed by atoms with E-state index in [2.05, 4.69) is 10.6 Å². The zero-order valence-corrected chi connectivity index (χ0v) is 11.0. The first-order chi connectivity index (χ1) is 8.58. The van der Waals surface area contributed by atoms with Crippen LogP contribution in [0.3, 0.4) is 0 Å². The Morgan fingerprint density at radius 3 is 2.28 bits per heavy atom. The van der Waals surface area contributed by atoms with Crippen molar-refractivity contribution in [3.63, 3.8) is 0 Å². The van der Waals surface area contributed by atoms with Crippen LogP contribution in [0.15, 0.2) is 24.3 Å². The second-order valence-electron chi connectivity index (χ2n) is 4.21. The average Bonchev–Trinajstić information content (AvgIpc) is 2.36. The van der Waals surface area contributed by atoms with Gasteiger partial charge in [0.15, 0.2) is 5.72 Å². The molecule has 2 unspecified atom stereocenters. The van der Waals surface area contributed by atoms with E-state index in [1.165, 1.54) is 0 Å². The fourth-order valence-corrected chi connectivity index (χ4v) is 2.02. The van der Waals surface area contributed by atoms with Crippen molar-refractivity contribution in [2.75, 3.05) is 25.4 Å². The highest BCUT2D eigenvalue weighted by Crippen LogP contribution is 2.23. The minimum absolute atomic E-state index is 0.165. The van der Waals surface area contributed by atoms with E-state index in [9.17, 15) is 10.2 Å². The zero-order valence-electron chi connectivity index (χ0n) is 11.0. The number of nitrogen functional groups attached to an aromatic ring is 1. The number of anilines is 1. The fraction of sp³-hybridized carbons (Fsp3) is 0.538. The van der Waals surface area contributed by atoms with E-state index in [1.54, 1.807) is 24.3 Å². The van der Waals surface area contributed by atoms with Crippen LogP contribution < -0.4 is 16.4 Å². The van der Waals surface area contributed by atoms with Crippen LogP contribution >= 0.6 is 0 Å². The van der Waals surface area contributed by atoms with Crippen LogP contribution in [0, 0.1) is 0 Å². The van der Waals surface area contributed by atoms with Crippen molar-refractivity contribution in [3.8, 4) is 0 Å². The van der Waals surface area contributed by atoms with Crippen molar-refractivity contribution in [2.45, 2.75) is 25.6 Å². The van der Waals surface area contributed by atoms with Gasteiger partial charge in [-0.2, -0.15) is 0 Å². The van der Waals surface area contributed by atoms with Gasteiger partial charge in [-0.1, -0.05) is 26.0 Å². The largest absolute Gasteiger partial charge is 0.399 e. The Bertz CT molecular complexity index is 356. The molecule has 0 amide bonds. The summed E-state index contributed by atoms with van der Waals surface area (Å²) < 4.78 is 0. The maximum atomic E-state index is 10.8. The fourth-order valence-electron chi connectivity index (χ4n) is 2.02. The van der Waals surface area contributed by atoms with E-state index in [-0.39, 0.29) is 6.61 Å². The second-order valence-corrected chi connectivity index (χ2v) is 4.21. The predicted octanol–water partition coefficient (Wildman–Crippen LogP) is -0.00620. The molecule has 0 saturated heterocycles. The van der Waals surface area contributed by atoms with Gasteiger partial charge in [0.1, 0.15) is 0 Å². The number of rotatable bonds is 7. The van der Waals surface area contributed by atoms with Crippen molar-refractivity contribution in [1.82, 2.24) is 10.6 Å². The number of hydrogen-bond donors (Lipinski definition) is 5. The summed E-state index contributed by atoms with van der Waals surface area (Å²) in [5.74, 6) is 0. The summed E-state index contributed by atoms with van der Waals surface area (Å²) in [6.45, 7) is 4.92. The molecule has 102 valence electrons. The van der Waals surface area contributed by atoms with Gasteiger partial charge in [-0.15, -0.1) is 0 Å². The van der Waals surface area contributed by atoms with Crippen LogP contribution in [0.5, 0.6) is 0 Å². The first-order valence-electron chi connectivity index (χ1n) is 6.26. The smallest absolute Gasteiger partial charge is 0.159 e. The van der Waals surface area contributed by atoms with Crippen LogP contribution in [0.2, 0.25) is 0 Å². The van der Waals surface area contributed by atoms with Gasteiger partial charge in [-0.25, -0.2) is 0 Å². The molecule has 0 aliphatic heterocycles. The Morgan fingerprint density at radius 2 is 1.83 bits per heavy atom. The van der Waals surface area contributed by atoms with E-state index >= 15 is 0 Å². The topological polar surface area (TPSA) is 90.5 Å². The first kappa shape index (κ1) is 14.9. The third-order valence-electron chi connectivity index (χ3n) is 2.93. The molecule has 5 nitrogen and oxygen atoms in total. The van der Waals surface area contributed by atoms with E-state index in [4.69, 9.17) is 5.73 Å². The number of benzene rings is 1. The van der Waals surface area contributed by atoms with Gasteiger partial charge in [-0.3, -0.25) is 5.32 Å². The predicted molar refractivity (Wildman–Crippen MR) is 73.0 cm³/mol. The summed E-state index contributed by atoms with van der Waals surface area (Å²) in [4.78, 5) is 0. The van der Waals surface area contributed by atoms with Gasteiger partial charge < -0.3 is 21.3 Å². The van der Waals surface area contributed by atoms with Crippen molar-refractivity contribution < 1.29 is 10.2 Å². The molecule has 1 rings (SSSR count). The molecule has 5 heteroatoms. The maximum Gasteiger partial charge on any atom is 0.159 e. The van der Waals surface area contributed by atoms with Crippen molar-refractivity contribution in [3.05, 3.63) is 29.8 Å². The lowest BCUT2D eigenvalue weighted by atomic mass is 9.94. The molecule has 1 aromatic rings. The first-order valence-corrected chi connectivity index (χ1v) is 6.26. The Morgan fingerprint density at radius 1 is 1.22 bits per heavy atom. The summed E-state index contributed by atoms with van der Waals surface area (Å²) in [5, 5.41) is 26.3. The van der Waals surface area contributed by atoms with Gasteiger partial charge in [0.25, 0.3) is 0 Å². The normalized spacial score (nSPS) is 16.2. The minimum atomic E-state index is -1.31. The molecule has 0 aliphatic rings. The Labute approximate surface area is 108 Å². The molecule has 0 heterocycles. The SMILES string of the molecule is CCNC(CO)C(O)(NCC)c1ccc(N)cc1. The van der Waals surface area contributed by atoms with Gasteiger partial charge in [0.05, 0.1) is 12.6 Å². The third kappa shape index (κ3) is 3.20. The Kier molecular flexibility index (Phi) is 5.55. The van der Waals surface area contributed by atoms with Crippen molar-refractivity contribution in [2.24, 2.45) is 0 Å². The van der Waals surface area contributed by atoms with Crippen molar-refractivity contribution >= 4 is 5.69 Å². The van der Waals surface area contributed by atoms with Crippen LogP contribution in [-0.4, -0.2) is 36.0 Å². The van der Waals surface area contributed by atoms with Gasteiger partial charge in [-0.05, 0) is 25.2 Å². The standard InChI is InChI=1S/C13H23N3O2/c1-3-15-12(9-17)13(18,16-4-2)10-5-7-11(14)8-6-10/h5-8,12,15-18H,3-4,9,14H2,1-2H3. The molecule has 0 aromatic heterocycles. The molecule has 0 radical (unpaired) electrons. The lowest BCUT2D eigenvalue weighted by Gasteiger charge is -2.36. The molecule has 6 N–H and O–H groups in total. The molecule has 2 atom stereocenters. The van der Waals surface area contributed by atoms with E-state index < -0.39 is 11.8 Å². The Hall–Kier alpha value is -1.14. The second kappa shape index (κ2) is 6.70. The molecule has 18 heavy (non-hydrogen) atoms. The Balaban J connectivity index is 3.07. The molecule has 0 saturated carbocycles. The number of nitrogens with one attached hydrogen (secondary N) is 2. The zero-order chi connectivity index (χ0) is 13.6. The lowest BCUT2D eigenvalue weighted by molar-refractivity contribution is -0.0502. The number of aliphatic hydroxyl groups is 2. The summed E-state index contributed by atoms with van der Waals surface area (Å²) in [6, 6.07) is 6.51. The highest BCUT2D eigenvalue weighted by Gasteiger charge is 2.36. The molecule has 0 spiro atoms. The number of likely N-dealkylation sites (N-methyl/N-ethyl adjacent to an activating group) is 2. The van der Waals surface area contributed by atoms with Crippen LogP contribution in [0.4, 0.5) is 5.69 Å². The molecule has 0 fully saturated rings. The number of nitrogens with two attached hydrogens (primary N) is 1. The van der Waals surface area contributed by atoms with Crippen LogP contribution in [0.1, 0.15) is 19.4 Å². The summed E-state index contributed by atoms with van der Waals surface area (Å²) in [7, 11) is 0. The molecular weight excluding hydrogens is 230 g/mol. The summed E-state index contributed by atoms with van der Waals surface area (Å²) in [5.41, 5.74) is 5.65. The number of hydrogen-bond acceptors (Lipinski definition) is 5. The van der Waals surface area contributed by atoms with Gasteiger partial charge in [0.2, 0.25) is 0 Å².